The lowest BCUT2D eigenvalue weighted by molar-refractivity contribution is 0.0141. The molecule has 11 nitrogen and oxygen atoms in total. The molecular formula is C25H35F2N5O6S2. The summed E-state index contributed by atoms with van der Waals surface area (Å²) < 4.78 is 63.7. The van der Waals surface area contributed by atoms with Gasteiger partial charge in [0.25, 0.3) is 10.2 Å². The van der Waals surface area contributed by atoms with Crippen LogP contribution in [0.1, 0.15) is 38.4 Å². The Balaban J connectivity index is 1.73. The maximum absolute atomic E-state index is 14.1. The van der Waals surface area contributed by atoms with E-state index in [0.29, 0.717) is 18.7 Å². The minimum absolute atomic E-state index is 0.0692. The molecule has 40 heavy (non-hydrogen) atoms. The zero-order valence-corrected chi connectivity index (χ0v) is 24.3. The minimum atomic E-state index is -3.85. The van der Waals surface area contributed by atoms with Gasteiger partial charge in [-0.05, 0) is 26.3 Å². The first-order valence-corrected chi connectivity index (χ1v) is 15.2. The molecule has 222 valence electrons. The Morgan fingerprint density at radius 2 is 1.98 bits per heavy atom. The molecule has 1 aromatic heterocycles. The molecule has 1 aromatic carbocycles. The molecule has 0 spiro atoms. The van der Waals surface area contributed by atoms with E-state index in [4.69, 9.17) is 14.6 Å². The summed E-state index contributed by atoms with van der Waals surface area (Å²) >= 11 is 1.09. The number of carbonyl (C=O) groups is 1. The molecule has 15 heteroatoms. The molecule has 0 unspecified atom stereocenters. The SMILES string of the molecule is C[C@H](CO)COc1cc(CC(C)(C)OC(=O)N2CCCN(S(N)(=O)=O)CC2)nc(SCc2cccc(F)c2F)n1. The highest BCUT2D eigenvalue weighted by molar-refractivity contribution is 7.98. The summed E-state index contributed by atoms with van der Waals surface area (Å²) in [5, 5.41) is 14.8. The molecule has 0 aliphatic carbocycles. The number of hydrogen-bond donors (Lipinski definition) is 2. The highest BCUT2D eigenvalue weighted by Gasteiger charge is 2.30. The summed E-state index contributed by atoms with van der Waals surface area (Å²) in [5.41, 5.74) is -0.384. The van der Waals surface area contributed by atoms with Crippen LogP contribution in [0.5, 0.6) is 5.88 Å². The van der Waals surface area contributed by atoms with Crippen LogP contribution in [0.4, 0.5) is 13.6 Å². The van der Waals surface area contributed by atoms with Crippen LogP contribution in [0, 0.1) is 17.6 Å². The lowest BCUT2D eigenvalue weighted by atomic mass is 10.0. The van der Waals surface area contributed by atoms with Crippen molar-refractivity contribution in [2.24, 2.45) is 11.1 Å². The van der Waals surface area contributed by atoms with Crippen LogP contribution in [-0.2, 0) is 27.1 Å². The van der Waals surface area contributed by atoms with Crippen LogP contribution < -0.4 is 9.88 Å². The molecule has 2 aromatic rings. The number of nitrogens with two attached hydrogens (primary N) is 1. The molecule has 1 atom stereocenters. The second-order valence-electron chi connectivity index (χ2n) is 10.2. The van der Waals surface area contributed by atoms with E-state index >= 15 is 0 Å². The van der Waals surface area contributed by atoms with E-state index in [1.54, 1.807) is 26.8 Å². The molecule has 2 heterocycles. The Labute approximate surface area is 237 Å². The molecular weight excluding hydrogens is 568 g/mol. The summed E-state index contributed by atoms with van der Waals surface area (Å²) in [6.45, 7) is 6.08. The lowest BCUT2D eigenvalue weighted by Crippen LogP contribution is -2.42. The summed E-state index contributed by atoms with van der Waals surface area (Å²) in [6, 6.07) is 5.54. The number of ether oxygens (including phenoxy) is 2. The largest absolute Gasteiger partial charge is 0.477 e. The van der Waals surface area contributed by atoms with E-state index in [-0.39, 0.29) is 67.5 Å². The number of carbonyl (C=O) groups excluding carboxylic acids is 1. The van der Waals surface area contributed by atoms with Gasteiger partial charge in [0, 0.05) is 62.5 Å². The van der Waals surface area contributed by atoms with Crippen LogP contribution in [0.15, 0.2) is 29.4 Å². The van der Waals surface area contributed by atoms with Crippen LogP contribution in [-0.4, -0.2) is 83.8 Å². The normalized spacial score (nSPS) is 15.9. The second kappa shape index (κ2) is 13.9. The van der Waals surface area contributed by atoms with Crippen LogP contribution in [0.2, 0.25) is 0 Å². The fourth-order valence-corrected chi connectivity index (χ4v) is 5.43. The molecule has 1 saturated heterocycles. The topological polar surface area (TPSA) is 148 Å². The van der Waals surface area contributed by atoms with Crippen molar-refractivity contribution in [1.29, 1.82) is 0 Å². The molecule has 0 radical (unpaired) electrons. The van der Waals surface area contributed by atoms with Gasteiger partial charge in [-0.15, -0.1) is 0 Å². The number of aromatic nitrogens is 2. The third-order valence-corrected chi connectivity index (χ3v) is 7.98. The van der Waals surface area contributed by atoms with E-state index in [1.807, 2.05) is 0 Å². The van der Waals surface area contributed by atoms with Gasteiger partial charge in [0.05, 0.1) is 12.3 Å². The number of amides is 1. The Kier molecular flexibility index (Phi) is 11.1. The Morgan fingerprint density at radius 1 is 1.23 bits per heavy atom. The predicted molar refractivity (Wildman–Crippen MR) is 145 cm³/mol. The number of halogens is 2. The first-order chi connectivity index (χ1) is 18.8. The van der Waals surface area contributed by atoms with E-state index in [2.05, 4.69) is 9.97 Å². The van der Waals surface area contributed by atoms with E-state index in [9.17, 15) is 27.1 Å². The molecule has 0 bridgehead atoms. The third kappa shape index (κ3) is 9.51. The van der Waals surface area contributed by atoms with Crippen molar-refractivity contribution < 1.29 is 36.6 Å². The van der Waals surface area contributed by atoms with Crippen molar-refractivity contribution in [2.75, 3.05) is 39.4 Å². The molecule has 3 N–H and O–H groups in total. The Hall–Kier alpha value is -2.59. The second-order valence-corrected chi connectivity index (χ2v) is 12.7. The molecule has 0 saturated carbocycles. The van der Waals surface area contributed by atoms with Gasteiger partial charge in [-0.2, -0.15) is 17.7 Å². The smallest absolute Gasteiger partial charge is 0.410 e. The van der Waals surface area contributed by atoms with Gasteiger partial charge in [0.15, 0.2) is 16.8 Å². The van der Waals surface area contributed by atoms with Gasteiger partial charge < -0.3 is 19.5 Å². The first-order valence-electron chi connectivity index (χ1n) is 12.7. The summed E-state index contributed by atoms with van der Waals surface area (Å²) in [4.78, 5) is 23.2. The standard InChI is InChI=1S/C25H35F2N5O6S2/c1-17(14-33)15-37-21-12-19(29-23(30-21)39-16-18-6-4-7-20(26)22(18)27)13-25(2,3)38-24(34)31-8-5-9-32(11-10-31)40(28,35)36/h4,6-7,12,17,33H,5,8-11,13-16H2,1-3H3,(H2,28,35,36)/t17-/m1/s1. The number of aliphatic hydroxyl groups is 1. The van der Waals surface area contributed by atoms with E-state index in [0.717, 1.165) is 22.1 Å². The summed E-state index contributed by atoms with van der Waals surface area (Å²) in [5.74, 6) is -1.73. The number of thioether (sulfide) groups is 1. The van der Waals surface area contributed by atoms with Gasteiger partial charge >= 0.3 is 6.09 Å². The number of hydrogen-bond acceptors (Lipinski definition) is 9. The van der Waals surface area contributed by atoms with Crippen LogP contribution >= 0.6 is 11.8 Å². The quantitative estimate of drug-likeness (QED) is 0.292. The first kappa shape index (κ1) is 31.9. The number of benzene rings is 1. The van der Waals surface area contributed by atoms with Crippen molar-refractivity contribution in [3.8, 4) is 5.88 Å². The maximum Gasteiger partial charge on any atom is 0.410 e. The van der Waals surface area contributed by atoms with Crippen molar-refractivity contribution in [1.82, 2.24) is 19.2 Å². The molecule has 1 fully saturated rings. The minimum Gasteiger partial charge on any atom is -0.477 e. The average molecular weight is 604 g/mol. The van der Waals surface area contributed by atoms with E-state index < -0.39 is 33.5 Å². The Bertz CT molecular complexity index is 1280. The van der Waals surface area contributed by atoms with Gasteiger partial charge in [-0.25, -0.2) is 23.7 Å². The third-order valence-electron chi connectivity index (χ3n) is 5.99. The fraction of sp³-hybridized carbons (Fsp3) is 0.560. The van der Waals surface area contributed by atoms with Crippen molar-refractivity contribution in [3.05, 3.63) is 47.2 Å². The highest BCUT2D eigenvalue weighted by Crippen LogP contribution is 2.27. The zero-order chi connectivity index (χ0) is 29.5. The van der Waals surface area contributed by atoms with Crippen LogP contribution in [0.3, 0.4) is 0 Å². The van der Waals surface area contributed by atoms with Crippen molar-refractivity contribution in [2.45, 2.75) is 50.1 Å². The summed E-state index contributed by atoms with van der Waals surface area (Å²) in [7, 11) is -3.85. The lowest BCUT2D eigenvalue weighted by Gasteiger charge is -2.29. The number of aliphatic hydroxyl groups excluding tert-OH is 1. The van der Waals surface area contributed by atoms with Crippen molar-refractivity contribution >= 4 is 28.1 Å². The van der Waals surface area contributed by atoms with Crippen molar-refractivity contribution in [3.63, 3.8) is 0 Å². The molecule has 1 aliphatic heterocycles. The maximum atomic E-state index is 14.1. The predicted octanol–water partition coefficient (Wildman–Crippen LogP) is 2.72. The number of nitrogens with zero attached hydrogens (tertiary/aromatic N) is 4. The van der Waals surface area contributed by atoms with Crippen LogP contribution in [0.25, 0.3) is 0 Å². The zero-order valence-electron chi connectivity index (χ0n) is 22.7. The summed E-state index contributed by atoms with van der Waals surface area (Å²) in [6.07, 6.45) is -0.0106. The monoisotopic (exact) mass is 603 g/mol. The van der Waals surface area contributed by atoms with E-state index in [1.165, 1.54) is 17.0 Å². The Morgan fingerprint density at radius 3 is 2.67 bits per heavy atom. The van der Waals surface area contributed by atoms with Gasteiger partial charge in [0.1, 0.15) is 5.60 Å². The highest BCUT2D eigenvalue weighted by atomic mass is 32.2. The van der Waals surface area contributed by atoms with Gasteiger partial charge in [-0.1, -0.05) is 30.8 Å². The van der Waals surface area contributed by atoms with Gasteiger partial charge in [-0.3, -0.25) is 0 Å². The molecule has 1 amide bonds. The molecule has 1 aliphatic rings. The van der Waals surface area contributed by atoms with Gasteiger partial charge in [0.2, 0.25) is 5.88 Å². The average Bonchev–Trinajstić information content (AvgIpc) is 3.14. The number of rotatable bonds is 11. The fourth-order valence-electron chi connectivity index (χ4n) is 3.86. The molecule has 3 rings (SSSR count).